The molecule has 0 radical (unpaired) electrons. The van der Waals surface area contributed by atoms with Crippen molar-refractivity contribution in [2.45, 2.75) is 75.0 Å². The van der Waals surface area contributed by atoms with E-state index in [9.17, 15) is 0 Å². The number of nitrogens with one attached hydrogen (secondary N) is 1. The average molecular weight is 554 g/mol. The zero-order valence-corrected chi connectivity index (χ0v) is 25.5. The molecule has 1 aliphatic carbocycles. The van der Waals surface area contributed by atoms with Crippen LogP contribution in [0.5, 0.6) is 0 Å². The molecule has 4 aliphatic rings. The molecule has 2 fully saturated rings. The number of likely N-dealkylation sites (tertiary alicyclic amines) is 2. The van der Waals surface area contributed by atoms with E-state index in [1.807, 2.05) is 11.8 Å². The highest BCUT2D eigenvalue weighted by Crippen LogP contribution is 2.46. The predicted molar refractivity (Wildman–Crippen MR) is 172 cm³/mol. The van der Waals surface area contributed by atoms with Gasteiger partial charge in [0, 0.05) is 60.3 Å². The lowest BCUT2D eigenvalue weighted by Crippen LogP contribution is -2.39. The third-order valence-electron chi connectivity index (χ3n) is 9.12. The summed E-state index contributed by atoms with van der Waals surface area (Å²) in [5, 5.41) is 3.72. The van der Waals surface area contributed by atoms with Crippen LogP contribution >= 0.6 is 11.8 Å². The van der Waals surface area contributed by atoms with Crippen molar-refractivity contribution in [3.8, 4) is 0 Å². The van der Waals surface area contributed by atoms with E-state index in [0.717, 1.165) is 36.8 Å². The monoisotopic (exact) mass is 553 g/mol. The zero-order chi connectivity index (χ0) is 27.5. The number of allylic oxidation sites excluding steroid dienone is 4. The van der Waals surface area contributed by atoms with Gasteiger partial charge in [0.05, 0.1) is 0 Å². The van der Waals surface area contributed by atoms with Crippen LogP contribution in [0.3, 0.4) is 0 Å². The number of unbranched alkanes of at least 4 members (excludes halogenated alkanes) is 1. The number of nitrogens with zero attached hydrogens (tertiary/aromatic N) is 2. The maximum absolute atomic E-state index is 4.36. The molecule has 4 heteroatoms. The molecule has 0 aromatic heterocycles. The van der Waals surface area contributed by atoms with Crippen molar-refractivity contribution >= 4 is 23.0 Å². The Morgan fingerprint density at radius 1 is 0.925 bits per heavy atom. The van der Waals surface area contributed by atoms with Gasteiger partial charge in [-0.15, -0.1) is 0 Å². The first kappa shape index (κ1) is 27.7. The van der Waals surface area contributed by atoms with E-state index in [1.165, 1.54) is 115 Å². The fraction of sp³-hybridized carbons (Fsp3) is 0.500. The highest BCUT2D eigenvalue weighted by molar-refractivity contribution is 7.99. The van der Waals surface area contributed by atoms with Crippen LogP contribution in [0.4, 0.5) is 5.69 Å². The lowest BCUT2D eigenvalue weighted by Gasteiger charge is -2.34. The van der Waals surface area contributed by atoms with Gasteiger partial charge in [0.1, 0.15) is 0 Å². The summed E-state index contributed by atoms with van der Waals surface area (Å²) in [7, 11) is 0. The van der Waals surface area contributed by atoms with Crippen LogP contribution < -0.4 is 5.32 Å². The Balaban J connectivity index is 1.07. The van der Waals surface area contributed by atoms with Gasteiger partial charge in [-0.2, -0.15) is 0 Å². The molecule has 212 valence electrons. The van der Waals surface area contributed by atoms with Gasteiger partial charge in [0.2, 0.25) is 0 Å². The molecule has 0 amide bonds. The van der Waals surface area contributed by atoms with Crippen LogP contribution in [0.25, 0.3) is 5.57 Å². The fourth-order valence-corrected chi connectivity index (χ4v) is 8.54. The minimum Gasteiger partial charge on any atom is -0.385 e. The van der Waals surface area contributed by atoms with Gasteiger partial charge in [-0.1, -0.05) is 56.5 Å². The van der Waals surface area contributed by atoms with Crippen molar-refractivity contribution in [1.29, 1.82) is 0 Å². The van der Waals surface area contributed by atoms with Crippen LogP contribution in [0, 0.1) is 11.8 Å². The van der Waals surface area contributed by atoms with Crippen LogP contribution in [0.2, 0.25) is 0 Å². The number of rotatable bonds is 8. The molecule has 2 unspecified atom stereocenters. The molecule has 2 atom stereocenters. The van der Waals surface area contributed by atoms with Crippen LogP contribution in [0.1, 0.15) is 75.5 Å². The number of anilines is 1. The first-order valence-corrected chi connectivity index (χ1v) is 16.6. The summed E-state index contributed by atoms with van der Waals surface area (Å²) in [5.74, 6) is 1.70. The van der Waals surface area contributed by atoms with Crippen molar-refractivity contribution in [2.75, 3.05) is 44.6 Å². The van der Waals surface area contributed by atoms with Gasteiger partial charge in [-0.05, 0) is 115 Å². The third kappa shape index (κ3) is 6.55. The molecule has 2 aromatic rings. The Kier molecular flexibility index (Phi) is 8.74. The topological polar surface area (TPSA) is 18.5 Å². The minimum absolute atomic E-state index is 0.851. The van der Waals surface area contributed by atoms with Crippen molar-refractivity contribution in [3.05, 3.63) is 83.1 Å². The second kappa shape index (κ2) is 12.6. The summed E-state index contributed by atoms with van der Waals surface area (Å²) in [6.45, 7) is 16.4. The summed E-state index contributed by atoms with van der Waals surface area (Å²) in [6, 6.07) is 13.9. The summed E-state index contributed by atoms with van der Waals surface area (Å²) < 4.78 is 0. The van der Waals surface area contributed by atoms with E-state index in [4.69, 9.17) is 0 Å². The van der Waals surface area contributed by atoms with Gasteiger partial charge < -0.3 is 15.1 Å². The number of piperidine rings is 2. The SMILES string of the molecule is C=C1C=C(c2cccc3c2Sc2ccc(NCCCCN4CC(C)CC(C)C4)cc2C3)CC(N2CCCCC2)=C1. The molecule has 6 rings (SSSR count). The number of benzene rings is 2. The Morgan fingerprint density at radius 3 is 2.58 bits per heavy atom. The molecule has 0 spiro atoms. The molecular weight excluding hydrogens is 506 g/mol. The maximum Gasteiger partial charge on any atom is 0.0343 e. The number of hydrogen-bond acceptors (Lipinski definition) is 4. The zero-order valence-electron chi connectivity index (χ0n) is 24.7. The standard InChI is InChI=1S/C36H47N3S/c1-26-19-30(23-33(20-26)39-16-6-4-7-17-39)34-11-9-10-29-21-31-22-32(12-13-35(31)40-36(29)34)37-14-5-8-15-38-24-27(2)18-28(3)25-38/h9-13,19-20,22,27-28,37H,1,4-8,14-18,21,23-25H2,2-3H3. The smallest absolute Gasteiger partial charge is 0.0343 e. The van der Waals surface area contributed by atoms with Gasteiger partial charge in [-0.25, -0.2) is 0 Å². The normalized spacial score (nSPS) is 23.2. The lowest BCUT2D eigenvalue weighted by molar-refractivity contribution is 0.139. The van der Waals surface area contributed by atoms with Gasteiger partial charge >= 0.3 is 0 Å². The molecule has 2 saturated heterocycles. The average Bonchev–Trinajstić information content (AvgIpc) is 2.95. The molecule has 3 heterocycles. The van der Waals surface area contributed by atoms with Crippen LogP contribution in [0.15, 0.2) is 76.2 Å². The molecule has 1 N–H and O–H groups in total. The molecule has 40 heavy (non-hydrogen) atoms. The van der Waals surface area contributed by atoms with E-state index in [0.29, 0.717) is 0 Å². The van der Waals surface area contributed by atoms with Crippen molar-refractivity contribution in [3.63, 3.8) is 0 Å². The summed E-state index contributed by atoms with van der Waals surface area (Å²) in [6.07, 6.45) is 14.5. The minimum atomic E-state index is 0.851. The largest absolute Gasteiger partial charge is 0.385 e. The van der Waals surface area contributed by atoms with E-state index in [-0.39, 0.29) is 0 Å². The second-order valence-electron chi connectivity index (χ2n) is 12.8. The molecule has 3 nitrogen and oxygen atoms in total. The van der Waals surface area contributed by atoms with Crippen LogP contribution in [-0.2, 0) is 6.42 Å². The summed E-state index contributed by atoms with van der Waals surface area (Å²) >= 11 is 1.96. The number of hydrogen-bond donors (Lipinski definition) is 1. The Bertz CT molecular complexity index is 1270. The van der Waals surface area contributed by atoms with E-state index in [1.54, 1.807) is 0 Å². The number of fused-ring (bicyclic) bond motifs is 2. The first-order chi connectivity index (χ1) is 19.5. The van der Waals surface area contributed by atoms with Gasteiger partial charge in [0.25, 0.3) is 0 Å². The van der Waals surface area contributed by atoms with E-state index >= 15 is 0 Å². The van der Waals surface area contributed by atoms with E-state index < -0.39 is 0 Å². The second-order valence-corrected chi connectivity index (χ2v) is 13.9. The van der Waals surface area contributed by atoms with Crippen molar-refractivity contribution in [2.24, 2.45) is 11.8 Å². The Hall–Kier alpha value is -2.43. The summed E-state index contributed by atoms with van der Waals surface area (Å²) in [4.78, 5) is 8.13. The fourth-order valence-electron chi connectivity index (χ4n) is 7.34. The van der Waals surface area contributed by atoms with Crippen molar-refractivity contribution < 1.29 is 0 Å². The molecule has 3 aliphatic heterocycles. The first-order valence-electron chi connectivity index (χ1n) is 15.8. The molecular formula is C36H47N3S. The van der Waals surface area contributed by atoms with E-state index in [2.05, 4.69) is 84.1 Å². The molecule has 2 aromatic carbocycles. The Labute approximate surface area is 246 Å². The highest BCUT2D eigenvalue weighted by Gasteiger charge is 2.24. The van der Waals surface area contributed by atoms with Gasteiger partial charge in [-0.3, -0.25) is 0 Å². The quantitative estimate of drug-likeness (QED) is 0.281. The van der Waals surface area contributed by atoms with Gasteiger partial charge in [0.15, 0.2) is 0 Å². The molecule has 0 saturated carbocycles. The lowest BCUT2D eigenvalue weighted by atomic mass is 9.90. The third-order valence-corrected chi connectivity index (χ3v) is 10.4. The predicted octanol–water partition coefficient (Wildman–Crippen LogP) is 8.63. The Morgan fingerprint density at radius 2 is 1.75 bits per heavy atom. The summed E-state index contributed by atoms with van der Waals surface area (Å²) in [5.41, 5.74) is 9.59. The van der Waals surface area contributed by atoms with Crippen LogP contribution in [-0.4, -0.2) is 49.1 Å². The maximum atomic E-state index is 4.36. The molecule has 0 bridgehead atoms. The highest BCUT2D eigenvalue weighted by atomic mass is 32.2. The van der Waals surface area contributed by atoms with Crippen molar-refractivity contribution in [1.82, 2.24) is 9.80 Å².